The molecular formula is C13H17N3O2. The van der Waals surface area contributed by atoms with Crippen molar-refractivity contribution >= 4 is 11.6 Å². The molecule has 0 radical (unpaired) electrons. The molecule has 1 aromatic carbocycles. The van der Waals surface area contributed by atoms with Crippen LogP contribution in [0.4, 0.5) is 5.69 Å². The summed E-state index contributed by atoms with van der Waals surface area (Å²) in [4.78, 5) is 11.5. The first kappa shape index (κ1) is 14.0. The van der Waals surface area contributed by atoms with E-state index in [0.717, 1.165) is 5.56 Å². The Bertz CT molecular complexity index is 452. The maximum Gasteiger partial charge on any atom is 0.239 e. The molecule has 0 aliphatic carbocycles. The third-order valence-corrected chi connectivity index (χ3v) is 2.36. The first-order valence-corrected chi connectivity index (χ1v) is 5.67. The van der Waals surface area contributed by atoms with Gasteiger partial charge in [0.25, 0.3) is 0 Å². The summed E-state index contributed by atoms with van der Waals surface area (Å²) in [6.45, 7) is 3.04. The number of nitrogens with one attached hydrogen (secondary N) is 2. The zero-order chi connectivity index (χ0) is 13.4. The van der Waals surface area contributed by atoms with Crippen LogP contribution in [0.25, 0.3) is 0 Å². The average molecular weight is 247 g/mol. The van der Waals surface area contributed by atoms with Gasteiger partial charge < -0.3 is 15.4 Å². The minimum atomic E-state index is -0.127. The maximum atomic E-state index is 11.5. The zero-order valence-corrected chi connectivity index (χ0v) is 10.6. The van der Waals surface area contributed by atoms with E-state index in [1.54, 1.807) is 13.2 Å². The van der Waals surface area contributed by atoms with Crippen LogP contribution in [-0.4, -0.2) is 32.7 Å². The maximum absolute atomic E-state index is 11.5. The zero-order valence-electron chi connectivity index (χ0n) is 10.6. The van der Waals surface area contributed by atoms with E-state index >= 15 is 0 Å². The number of anilines is 1. The van der Waals surface area contributed by atoms with E-state index in [0.29, 0.717) is 24.4 Å². The highest BCUT2D eigenvalue weighted by molar-refractivity contribution is 5.81. The van der Waals surface area contributed by atoms with Crippen molar-refractivity contribution in [1.82, 2.24) is 5.32 Å². The number of nitrogens with zero attached hydrogens (tertiary/aromatic N) is 1. The van der Waals surface area contributed by atoms with Gasteiger partial charge >= 0.3 is 0 Å². The number of hydrogen-bond donors (Lipinski definition) is 2. The number of carbonyl (C=O) groups is 1. The van der Waals surface area contributed by atoms with Crippen LogP contribution >= 0.6 is 0 Å². The number of aryl methyl sites for hydroxylation is 1. The van der Waals surface area contributed by atoms with Crippen molar-refractivity contribution in [3.63, 3.8) is 0 Å². The van der Waals surface area contributed by atoms with Gasteiger partial charge in [-0.2, -0.15) is 5.26 Å². The average Bonchev–Trinajstić information content (AvgIpc) is 2.37. The number of nitriles is 1. The molecule has 0 bridgehead atoms. The molecule has 2 N–H and O–H groups in total. The third-order valence-electron chi connectivity index (χ3n) is 2.36. The molecule has 0 saturated heterocycles. The summed E-state index contributed by atoms with van der Waals surface area (Å²) in [6, 6.07) is 7.53. The van der Waals surface area contributed by atoms with Crippen molar-refractivity contribution in [2.45, 2.75) is 6.92 Å². The summed E-state index contributed by atoms with van der Waals surface area (Å²) in [5.41, 5.74) is 2.25. The molecule has 0 heterocycles. The largest absolute Gasteiger partial charge is 0.383 e. The second-order valence-corrected chi connectivity index (χ2v) is 3.86. The van der Waals surface area contributed by atoms with Gasteiger partial charge in [0.2, 0.25) is 5.91 Å². The highest BCUT2D eigenvalue weighted by Gasteiger charge is 2.04. The van der Waals surface area contributed by atoms with E-state index < -0.39 is 0 Å². The monoisotopic (exact) mass is 247 g/mol. The lowest BCUT2D eigenvalue weighted by Gasteiger charge is -2.09. The van der Waals surface area contributed by atoms with Crippen LogP contribution in [0.1, 0.15) is 11.1 Å². The summed E-state index contributed by atoms with van der Waals surface area (Å²) in [6.07, 6.45) is 0. The Hall–Kier alpha value is -2.06. The Morgan fingerprint density at radius 2 is 2.28 bits per heavy atom. The molecule has 0 saturated carbocycles. The summed E-state index contributed by atoms with van der Waals surface area (Å²) >= 11 is 0. The molecule has 0 aliphatic heterocycles. The molecule has 0 aliphatic rings. The molecule has 1 amide bonds. The highest BCUT2D eigenvalue weighted by Crippen LogP contribution is 2.15. The molecule has 0 atom stereocenters. The molecule has 5 heteroatoms. The van der Waals surface area contributed by atoms with Crippen LogP contribution in [0.2, 0.25) is 0 Å². The summed E-state index contributed by atoms with van der Waals surface area (Å²) in [5.74, 6) is -0.127. The Morgan fingerprint density at radius 1 is 1.50 bits per heavy atom. The van der Waals surface area contributed by atoms with Crippen molar-refractivity contribution in [1.29, 1.82) is 5.26 Å². The van der Waals surface area contributed by atoms with Gasteiger partial charge in [0.1, 0.15) is 6.07 Å². The SMILES string of the molecule is COCCNC(=O)CNc1cc(C)ccc1C#N. The lowest BCUT2D eigenvalue weighted by Crippen LogP contribution is -2.32. The van der Waals surface area contributed by atoms with E-state index in [2.05, 4.69) is 16.7 Å². The van der Waals surface area contributed by atoms with E-state index in [4.69, 9.17) is 10.00 Å². The van der Waals surface area contributed by atoms with Crippen LogP contribution in [0.3, 0.4) is 0 Å². The second-order valence-electron chi connectivity index (χ2n) is 3.86. The lowest BCUT2D eigenvalue weighted by molar-refractivity contribution is -0.119. The molecule has 0 fully saturated rings. The molecule has 0 unspecified atom stereocenters. The normalized spacial score (nSPS) is 9.61. The highest BCUT2D eigenvalue weighted by atomic mass is 16.5. The predicted octanol–water partition coefficient (Wildman–Crippen LogP) is 1.04. The van der Waals surface area contributed by atoms with Crippen LogP contribution in [0, 0.1) is 18.3 Å². The first-order valence-electron chi connectivity index (χ1n) is 5.67. The fourth-order valence-corrected chi connectivity index (χ4v) is 1.43. The molecule has 5 nitrogen and oxygen atoms in total. The number of rotatable bonds is 6. The van der Waals surface area contributed by atoms with Gasteiger partial charge in [0.05, 0.1) is 24.4 Å². The van der Waals surface area contributed by atoms with E-state index in [1.807, 2.05) is 19.1 Å². The predicted molar refractivity (Wildman–Crippen MR) is 69.3 cm³/mol. The molecule has 0 aromatic heterocycles. The van der Waals surface area contributed by atoms with Gasteiger partial charge in [0.15, 0.2) is 0 Å². The Morgan fingerprint density at radius 3 is 2.94 bits per heavy atom. The number of methoxy groups -OCH3 is 1. The van der Waals surface area contributed by atoms with Crippen molar-refractivity contribution < 1.29 is 9.53 Å². The van der Waals surface area contributed by atoms with Crippen LogP contribution < -0.4 is 10.6 Å². The van der Waals surface area contributed by atoms with Gasteiger partial charge in [-0.3, -0.25) is 4.79 Å². The van der Waals surface area contributed by atoms with Crippen molar-refractivity contribution in [3.8, 4) is 6.07 Å². The third kappa shape index (κ3) is 4.44. The number of ether oxygens (including phenoxy) is 1. The molecule has 18 heavy (non-hydrogen) atoms. The van der Waals surface area contributed by atoms with E-state index in [-0.39, 0.29) is 12.5 Å². The number of benzene rings is 1. The van der Waals surface area contributed by atoms with Gasteiger partial charge in [-0.25, -0.2) is 0 Å². The first-order chi connectivity index (χ1) is 8.67. The van der Waals surface area contributed by atoms with Crippen LogP contribution in [0.5, 0.6) is 0 Å². The van der Waals surface area contributed by atoms with Crippen molar-refractivity contribution in [2.75, 3.05) is 32.1 Å². The minimum absolute atomic E-state index is 0.127. The molecule has 1 aromatic rings. The van der Waals surface area contributed by atoms with Crippen molar-refractivity contribution in [3.05, 3.63) is 29.3 Å². The molecular weight excluding hydrogens is 230 g/mol. The van der Waals surface area contributed by atoms with Gasteiger partial charge in [-0.1, -0.05) is 6.07 Å². The Kier molecular flexibility index (Phi) is 5.68. The molecule has 1 rings (SSSR count). The van der Waals surface area contributed by atoms with E-state index in [1.165, 1.54) is 0 Å². The van der Waals surface area contributed by atoms with Gasteiger partial charge in [0, 0.05) is 13.7 Å². The second kappa shape index (κ2) is 7.30. The summed E-state index contributed by atoms with van der Waals surface area (Å²) in [7, 11) is 1.58. The number of amides is 1. The van der Waals surface area contributed by atoms with Crippen molar-refractivity contribution in [2.24, 2.45) is 0 Å². The number of hydrogen-bond acceptors (Lipinski definition) is 4. The number of carbonyl (C=O) groups excluding carboxylic acids is 1. The van der Waals surface area contributed by atoms with E-state index in [9.17, 15) is 4.79 Å². The topological polar surface area (TPSA) is 74.2 Å². The Labute approximate surface area is 107 Å². The minimum Gasteiger partial charge on any atom is -0.383 e. The summed E-state index contributed by atoms with van der Waals surface area (Å²) < 4.78 is 4.83. The quantitative estimate of drug-likeness (QED) is 0.737. The van der Waals surface area contributed by atoms with Crippen LogP contribution in [0.15, 0.2) is 18.2 Å². The fraction of sp³-hybridized carbons (Fsp3) is 0.385. The molecule has 0 spiro atoms. The van der Waals surface area contributed by atoms with Gasteiger partial charge in [-0.15, -0.1) is 0 Å². The summed E-state index contributed by atoms with van der Waals surface area (Å²) in [5, 5.41) is 14.6. The van der Waals surface area contributed by atoms with Crippen LogP contribution in [-0.2, 0) is 9.53 Å². The fourth-order valence-electron chi connectivity index (χ4n) is 1.43. The Balaban J connectivity index is 2.50. The van der Waals surface area contributed by atoms with Gasteiger partial charge in [-0.05, 0) is 24.6 Å². The lowest BCUT2D eigenvalue weighted by atomic mass is 10.1. The smallest absolute Gasteiger partial charge is 0.239 e. The standard InChI is InChI=1S/C13H17N3O2/c1-10-3-4-11(8-14)12(7-10)16-9-13(17)15-5-6-18-2/h3-4,7,16H,5-6,9H2,1-2H3,(H,15,17). The molecule has 96 valence electrons.